The summed E-state index contributed by atoms with van der Waals surface area (Å²) in [4.78, 5) is 0.287. The van der Waals surface area contributed by atoms with Crippen molar-refractivity contribution in [3.63, 3.8) is 0 Å². The fourth-order valence-electron chi connectivity index (χ4n) is 3.44. The number of sulfonamides is 1. The molecule has 7 nitrogen and oxygen atoms in total. The summed E-state index contributed by atoms with van der Waals surface area (Å²) < 4.78 is 34.5. The van der Waals surface area contributed by atoms with Gasteiger partial charge in [0.25, 0.3) is 0 Å². The van der Waals surface area contributed by atoms with Gasteiger partial charge in [0.15, 0.2) is 11.0 Å². The molecule has 0 aliphatic carbocycles. The third-order valence-corrected chi connectivity index (χ3v) is 8.19. The predicted molar refractivity (Wildman–Crippen MR) is 121 cm³/mol. The van der Waals surface area contributed by atoms with Gasteiger partial charge in [-0.05, 0) is 43.7 Å². The van der Waals surface area contributed by atoms with Crippen LogP contribution in [0.25, 0.3) is 11.4 Å². The molecule has 0 amide bonds. The lowest BCUT2D eigenvalue weighted by Gasteiger charge is -2.26. The number of ether oxygens (including phenoxy) is 1. The highest BCUT2D eigenvalue weighted by Crippen LogP contribution is 2.28. The Labute approximate surface area is 187 Å². The Balaban J connectivity index is 1.52. The summed E-state index contributed by atoms with van der Waals surface area (Å²) in [5.74, 6) is 1.55. The minimum absolute atomic E-state index is 0.287. The molecule has 3 aromatic rings. The van der Waals surface area contributed by atoms with E-state index in [0.717, 1.165) is 28.8 Å². The molecule has 0 spiro atoms. The van der Waals surface area contributed by atoms with Crippen LogP contribution in [0.2, 0.25) is 0 Å². The molecule has 0 saturated carbocycles. The number of aryl methyl sites for hydroxylation is 1. The van der Waals surface area contributed by atoms with Crippen LogP contribution in [0.3, 0.4) is 0 Å². The second kappa shape index (κ2) is 9.52. The predicted octanol–water partition coefficient (Wildman–Crippen LogP) is 3.59. The SMILES string of the molecule is CCn1c(SCc2ccc(C)cc2)nnc1-c1ccc(S(=O)(=O)N2CCOCC2)cc1. The molecule has 0 N–H and O–H groups in total. The molecular formula is C22H26N4O3S2. The molecular weight excluding hydrogens is 432 g/mol. The highest BCUT2D eigenvalue weighted by atomic mass is 32.2. The van der Waals surface area contributed by atoms with Gasteiger partial charge in [-0.2, -0.15) is 4.31 Å². The molecule has 1 fully saturated rings. The maximum absolute atomic E-state index is 12.8. The normalized spacial score (nSPS) is 15.3. The molecule has 31 heavy (non-hydrogen) atoms. The Bertz CT molecular complexity index is 1120. The van der Waals surface area contributed by atoms with Gasteiger partial charge in [-0.25, -0.2) is 8.42 Å². The van der Waals surface area contributed by atoms with Gasteiger partial charge in [0, 0.05) is 31.0 Å². The van der Waals surface area contributed by atoms with Crippen LogP contribution in [-0.2, 0) is 27.1 Å². The number of nitrogens with zero attached hydrogens (tertiary/aromatic N) is 4. The number of morpholine rings is 1. The van der Waals surface area contributed by atoms with Crippen LogP contribution in [0.4, 0.5) is 0 Å². The second-order valence-electron chi connectivity index (χ2n) is 7.37. The standard InChI is InChI=1S/C22H26N4O3S2/c1-3-26-21(23-24-22(26)30-16-18-6-4-17(2)5-7-18)19-8-10-20(11-9-19)31(27,28)25-12-14-29-15-13-25/h4-11H,3,12-16H2,1-2H3. The third kappa shape index (κ3) is 4.85. The van der Waals surface area contributed by atoms with Crippen molar-refractivity contribution in [2.24, 2.45) is 0 Å². The zero-order valence-electron chi connectivity index (χ0n) is 17.7. The molecule has 4 rings (SSSR count). The number of hydrogen-bond donors (Lipinski definition) is 0. The maximum atomic E-state index is 12.8. The largest absolute Gasteiger partial charge is 0.379 e. The summed E-state index contributed by atoms with van der Waals surface area (Å²) in [7, 11) is -3.51. The van der Waals surface area contributed by atoms with Crippen LogP contribution in [0.1, 0.15) is 18.1 Å². The van der Waals surface area contributed by atoms with Crippen molar-refractivity contribution < 1.29 is 13.2 Å². The fraction of sp³-hybridized carbons (Fsp3) is 0.364. The molecule has 0 unspecified atom stereocenters. The monoisotopic (exact) mass is 458 g/mol. The van der Waals surface area contributed by atoms with Gasteiger partial charge in [0.2, 0.25) is 10.0 Å². The quantitative estimate of drug-likeness (QED) is 0.504. The second-order valence-corrected chi connectivity index (χ2v) is 10.2. The molecule has 0 radical (unpaired) electrons. The van der Waals surface area contributed by atoms with Gasteiger partial charge in [-0.3, -0.25) is 0 Å². The molecule has 2 heterocycles. The van der Waals surface area contributed by atoms with Crippen LogP contribution in [0, 0.1) is 6.92 Å². The lowest BCUT2D eigenvalue weighted by Crippen LogP contribution is -2.40. The smallest absolute Gasteiger partial charge is 0.243 e. The van der Waals surface area contributed by atoms with Gasteiger partial charge in [0.05, 0.1) is 18.1 Å². The van der Waals surface area contributed by atoms with E-state index in [0.29, 0.717) is 26.3 Å². The Kier molecular flexibility index (Phi) is 6.76. The Hall–Kier alpha value is -2.20. The van der Waals surface area contributed by atoms with Crippen molar-refractivity contribution in [1.82, 2.24) is 19.1 Å². The molecule has 0 bridgehead atoms. The van der Waals surface area contributed by atoms with Crippen molar-refractivity contribution in [3.8, 4) is 11.4 Å². The zero-order valence-corrected chi connectivity index (χ0v) is 19.3. The van der Waals surface area contributed by atoms with Crippen LogP contribution in [0.5, 0.6) is 0 Å². The molecule has 9 heteroatoms. The van der Waals surface area contributed by atoms with Crippen molar-refractivity contribution in [2.75, 3.05) is 26.3 Å². The molecule has 164 valence electrons. The number of thioether (sulfide) groups is 1. The van der Waals surface area contributed by atoms with Crippen LogP contribution in [0.15, 0.2) is 58.6 Å². The fourth-order valence-corrected chi connectivity index (χ4v) is 5.80. The molecule has 2 aromatic carbocycles. The van der Waals surface area contributed by atoms with Crippen molar-refractivity contribution >= 4 is 21.8 Å². The third-order valence-electron chi connectivity index (χ3n) is 5.24. The van der Waals surface area contributed by atoms with Crippen molar-refractivity contribution in [1.29, 1.82) is 0 Å². The van der Waals surface area contributed by atoms with Gasteiger partial charge in [-0.15, -0.1) is 10.2 Å². The molecule has 1 saturated heterocycles. The van der Waals surface area contributed by atoms with Crippen molar-refractivity contribution in [2.45, 2.75) is 36.2 Å². The average molecular weight is 459 g/mol. The van der Waals surface area contributed by atoms with Gasteiger partial charge < -0.3 is 9.30 Å². The lowest BCUT2D eigenvalue weighted by molar-refractivity contribution is 0.0730. The van der Waals surface area contributed by atoms with E-state index in [2.05, 4.69) is 52.9 Å². The van der Waals surface area contributed by atoms with E-state index in [1.807, 2.05) is 0 Å². The Morgan fingerprint density at radius 3 is 2.32 bits per heavy atom. The summed E-state index contributed by atoms with van der Waals surface area (Å²) in [6, 6.07) is 15.4. The summed E-state index contributed by atoms with van der Waals surface area (Å²) in [6.45, 7) is 6.49. The molecule has 1 aliphatic heterocycles. The van der Waals surface area contributed by atoms with Gasteiger partial charge in [0.1, 0.15) is 0 Å². The lowest BCUT2D eigenvalue weighted by atomic mass is 10.2. The zero-order chi connectivity index (χ0) is 21.8. The first-order valence-corrected chi connectivity index (χ1v) is 12.7. The summed E-state index contributed by atoms with van der Waals surface area (Å²) in [5, 5.41) is 9.61. The van der Waals surface area contributed by atoms with E-state index in [-0.39, 0.29) is 4.90 Å². The first-order valence-electron chi connectivity index (χ1n) is 10.3. The summed E-state index contributed by atoms with van der Waals surface area (Å²) >= 11 is 1.65. The number of benzene rings is 2. The molecule has 0 atom stereocenters. The highest BCUT2D eigenvalue weighted by molar-refractivity contribution is 7.98. The van der Waals surface area contributed by atoms with E-state index in [1.54, 1.807) is 36.0 Å². The van der Waals surface area contributed by atoms with Gasteiger partial charge >= 0.3 is 0 Å². The number of aromatic nitrogens is 3. The van der Waals surface area contributed by atoms with E-state index in [1.165, 1.54) is 15.4 Å². The summed E-state index contributed by atoms with van der Waals surface area (Å²) in [6.07, 6.45) is 0. The minimum Gasteiger partial charge on any atom is -0.379 e. The first kappa shape index (κ1) is 22.0. The van der Waals surface area contributed by atoms with E-state index < -0.39 is 10.0 Å². The van der Waals surface area contributed by atoms with Crippen LogP contribution >= 0.6 is 11.8 Å². The first-order chi connectivity index (χ1) is 15.0. The average Bonchev–Trinajstić information content (AvgIpc) is 3.22. The van der Waals surface area contributed by atoms with Crippen LogP contribution < -0.4 is 0 Å². The number of rotatable bonds is 7. The number of hydrogen-bond acceptors (Lipinski definition) is 6. The van der Waals surface area contributed by atoms with E-state index in [4.69, 9.17) is 4.74 Å². The minimum atomic E-state index is -3.51. The van der Waals surface area contributed by atoms with E-state index in [9.17, 15) is 8.42 Å². The maximum Gasteiger partial charge on any atom is 0.243 e. The highest BCUT2D eigenvalue weighted by Gasteiger charge is 2.26. The van der Waals surface area contributed by atoms with Crippen LogP contribution in [-0.4, -0.2) is 53.8 Å². The summed E-state index contributed by atoms with van der Waals surface area (Å²) in [5.41, 5.74) is 3.32. The molecule has 1 aliphatic rings. The van der Waals surface area contributed by atoms with Crippen molar-refractivity contribution in [3.05, 3.63) is 59.7 Å². The Morgan fingerprint density at radius 1 is 1.00 bits per heavy atom. The van der Waals surface area contributed by atoms with Gasteiger partial charge in [-0.1, -0.05) is 41.6 Å². The topological polar surface area (TPSA) is 77.3 Å². The Morgan fingerprint density at radius 2 is 1.68 bits per heavy atom. The molecule has 1 aromatic heterocycles. The van der Waals surface area contributed by atoms with E-state index >= 15 is 0 Å².